The summed E-state index contributed by atoms with van der Waals surface area (Å²) in [7, 11) is 0. The minimum absolute atomic E-state index is 0.660. The number of nitrogens with one attached hydrogen (secondary N) is 2. The van der Waals surface area contributed by atoms with Crippen LogP contribution in [0, 0.1) is 0 Å². The van der Waals surface area contributed by atoms with Crippen LogP contribution in [0.4, 0.5) is 0 Å². The van der Waals surface area contributed by atoms with Gasteiger partial charge in [0.15, 0.2) is 0 Å². The molecule has 0 atom stereocenters. The lowest BCUT2D eigenvalue weighted by Crippen LogP contribution is -1.88. The van der Waals surface area contributed by atoms with Crippen LogP contribution in [0.5, 0.6) is 0 Å². The van der Waals surface area contributed by atoms with E-state index in [1.807, 2.05) is 0 Å². The number of aromatic nitrogens is 6. The quantitative estimate of drug-likeness (QED) is 0.605. The largest absolute Gasteiger partial charge is 0.265 e. The zero-order valence-electron chi connectivity index (χ0n) is 5.65. The summed E-state index contributed by atoms with van der Waals surface area (Å²) in [4.78, 5) is 0. The summed E-state index contributed by atoms with van der Waals surface area (Å²) in [6, 6.07) is 0. The topological polar surface area (TPSA) is 83.1 Å². The molecule has 0 bridgehead atoms. The fraction of sp³-hybridized carbons (Fsp3) is 0.200. The molecule has 2 aromatic heterocycles. The highest BCUT2D eigenvalue weighted by Gasteiger charge is 1.99. The third-order valence-corrected chi connectivity index (χ3v) is 1.30. The summed E-state index contributed by atoms with van der Waals surface area (Å²) in [5.74, 6) is 0. The minimum atomic E-state index is 0.660. The zero-order valence-corrected chi connectivity index (χ0v) is 5.65. The maximum atomic E-state index is 3.80. The van der Waals surface area contributed by atoms with Crippen molar-refractivity contribution in [1.82, 2.24) is 30.8 Å². The smallest absolute Gasteiger partial charge is 0.0885 e. The number of H-pyrrole nitrogens is 2. The standard InChI is InChI=1S/C5H6N6/c1(4-2-6-10-8-4)5-3-7-11-9-5/h2-3H,1H2,(H,6,8,10)(H,7,9,11). The molecule has 0 aliphatic carbocycles. The molecular weight excluding hydrogens is 144 g/mol. The molecule has 0 aliphatic heterocycles. The Hall–Kier alpha value is -1.72. The lowest BCUT2D eigenvalue weighted by Gasteiger charge is -1.84. The normalized spacial score (nSPS) is 10.2. The number of nitrogens with zero attached hydrogens (tertiary/aromatic N) is 4. The fourth-order valence-electron chi connectivity index (χ4n) is 0.809. The van der Waals surface area contributed by atoms with E-state index in [1.165, 1.54) is 0 Å². The first-order valence-electron chi connectivity index (χ1n) is 3.16. The van der Waals surface area contributed by atoms with E-state index in [-0.39, 0.29) is 0 Å². The molecule has 11 heavy (non-hydrogen) atoms. The van der Waals surface area contributed by atoms with Gasteiger partial charge in [-0.1, -0.05) is 10.4 Å². The predicted molar refractivity (Wildman–Crippen MR) is 35.6 cm³/mol. The lowest BCUT2D eigenvalue weighted by atomic mass is 10.3. The van der Waals surface area contributed by atoms with E-state index in [9.17, 15) is 0 Å². The predicted octanol–water partition coefficient (Wildman–Crippen LogP) is -0.486. The van der Waals surface area contributed by atoms with Gasteiger partial charge in [0.2, 0.25) is 0 Å². The van der Waals surface area contributed by atoms with Crippen LogP contribution in [0.3, 0.4) is 0 Å². The molecule has 0 unspecified atom stereocenters. The Morgan fingerprint density at radius 2 is 1.55 bits per heavy atom. The first-order valence-corrected chi connectivity index (χ1v) is 3.16. The molecule has 0 radical (unpaired) electrons. The summed E-state index contributed by atoms with van der Waals surface area (Å²) >= 11 is 0. The maximum absolute atomic E-state index is 3.80. The van der Waals surface area contributed by atoms with E-state index in [1.54, 1.807) is 12.4 Å². The molecule has 2 aromatic rings. The van der Waals surface area contributed by atoms with Crippen molar-refractivity contribution in [3.63, 3.8) is 0 Å². The molecule has 0 aromatic carbocycles. The Bertz CT molecular complexity index is 263. The zero-order chi connectivity index (χ0) is 7.52. The molecule has 0 fully saturated rings. The van der Waals surface area contributed by atoms with Crippen LogP contribution in [0.1, 0.15) is 11.4 Å². The molecule has 0 aliphatic rings. The second-order valence-corrected chi connectivity index (χ2v) is 2.11. The molecule has 2 heterocycles. The second-order valence-electron chi connectivity index (χ2n) is 2.11. The van der Waals surface area contributed by atoms with Crippen molar-refractivity contribution in [2.24, 2.45) is 0 Å². The molecule has 6 nitrogen and oxygen atoms in total. The van der Waals surface area contributed by atoms with Gasteiger partial charge in [-0.05, 0) is 0 Å². The highest BCUT2D eigenvalue weighted by molar-refractivity contribution is 5.05. The van der Waals surface area contributed by atoms with Crippen molar-refractivity contribution in [3.8, 4) is 0 Å². The van der Waals surface area contributed by atoms with E-state index in [0.717, 1.165) is 11.4 Å². The van der Waals surface area contributed by atoms with Crippen molar-refractivity contribution in [2.45, 2.75) is 6.42 Å². The monoisotopic (exact) mass is 150 g/mol. The van der Waals surface area contributed by atoms with Gasteiger partial charge in [-0.2, -0.15) is 0 Å². The number of hydrogen-bond donors (Lipinski definition) is 2. The molecule has 0 amide bonds. The van der Waals surface area contributed by atoms with Gasteiger partial charge in [-0.15, -0.1) is 10.2 Å². The van der Waals surface area contributed by atoms with Crippen molar-refractivity contribution < 1.29 is 0 Å². The first kappa shape index (κ1) is 6.02. The number of hydrogen-bond acceptors (Lipinski definition) is 4. The number of rotatable bonds is 2. The van der Waals surface area contributed by atoms with Crippen LogP contribution in [0.25, 0.3) is 0 Å². The van der Waals surface area contributed by atoms with Gasteiger partial charge in [-0.3, -0.25) is 10.2 Å². The Kier molecular flexibility index (Phi) is 1.36. The van der Waals surface area contributed by atoms with Gasteiger partial charge in [-0.25, -0.2) is 0 Å². The van der Waals surface area contributed by atoms with Crippen LogP contribution < -0.4 is 0 Å². The third-order valence-electron chi connectivity index (χ3n) is 1.30. The Labute approximate surface area is 62.0 Å². The molecule has 2 rings (SSSR count). The first-order chi connectivity index (χ1) is 5.45. The van der Waals surface area contributed by atoms with E-state index < -0.39 is 0 Å². The summed E-state index contributed by atoms with van der Waals surface area (Å²) in [6.07, 6.45) is 4.12. The Morgan fingerprint density at radius 1 is 1.00 bits per heavy atom. The summed E-state index contributed by atoms with van der Waals surface area (Å²) in [5, 5.41) is 20.0. The third kappa shape index (κ3) is 1.23. The van der Waals surface area contributed by atoms with Gasteiger partial charge in [0.25, 0.3) is 0 Å². The van der Waals surface area contributed by atoms with E-state index >= 15 is 0 Å². The summed E-state index contributed by atoms with van der Waals surface area (Å²) in [5.41, 5.74) is 1.72. The number of aromatic amines is 2. The lowest BCUT2D eigenvalue weighted by molar-refractivity contribution is 0.889. The second kappa shape index (κ2) is 2.49. The highest BCUT2D eigenvalue weighted by atomic mass is 15.3. The van der Waals surface area contributed by atoms with Crippen LogP contribution >= 0.6 is 0 Å². The van der Waals surface area contributed by atoms with Crippen LogP contribution in [-0.2, 0) is 6.42 Å². The molecule has 56 valence electrons. The van der Waals surface area contributed by atoms with Crippen LogP contribution in [-0.4, -0.2) is 30.8 Å². The van der Waals surface area contributed by atoms with Crippen LogP contribution in [0.15, 0.2) is 12.4 Å². The molecular formula is C5H6N6. The molecule has 6 heteroatoms. The van der Waals surface area contributed by atoms with Gasteiger partial charge >= 0.3 is 0 Å². The molecule has 0 spiro atoms. The van der Waals surface area contributed by atoms with Gasteiger partial charge < -0.3 is 0 Å². The van der Waals surface area contributed by atoms with Crippen molar-refractivity contribution in [3.05, 3.63) is 23.8 Å². The Balaban J connectivity index is 2.14. The molecule has 2 N–H and O–H groups in total. The van der Waals surface area contributed by atoms with Gasteiger partial charge in [0.05, 0.1) is 11.4 Å². The molecule has 0 saturated heterocycles. The van der Waals surface area contributed by atoms with E-state index in [2.05, 4.69) is 30.8 Å². The minimum Gasteiger partial charge on any atom is -0.265 e. The van der Waals surface area contributed by atoms with Gasteiger partial charge in [0.1, 0.15) is 0 Å². The summed E-state index contributed by atoms with van der Waals surface area (Å²) in [6.45, 7) is 0. The fourth-order valence-corrected chi connectivity index (χ4v) is 0.809. The SMILES string of the molecule is c1[nH]nnc1Cc1c[nH]nn1. The highest BCUT2D eigenvalue weighted by Crippen LogP contribution is 1.98. The average molecular weight is 150 g/mol. The van der Waals surface area contributed by atoms with Crippen molar-refractivity contribution in [2.75, 3.05) is 0 Å². The summed E-state index contributed by atoms with van der Waals surface area (Å²) < 4.78 is 0. The van der Waals surface area contributed by atoms with E-state index in [0.29, 0.717) is 6.42 Å². The van der Waals surface area contributed by atoms with Crippen molar-refractivity contribution in [1.29, 1.82) is 0 Å². The molecule has 0 saturated carbocycles. The average Bonchev–Trinajstić information content (AvgIpc) is 2.60. The van der Waals surface area contributed by atoms with Crippen LogP contribution in [0.2, 0.25) is 0 Å². The van der Waals surface area contributed by atoms with Crippen molar-refractivity contribution >= 4 is 0 Å². The maximum Gasteiger partial charge on any atom is 0.0885 e. The van der Waals surface area contributed by atoms with Gasteiger partial charge in [0, 0.05) is 18.8 Å². The Morgan fingerprint density at radius 3 is 1.91 bits per heavy atom. The van der Waals surface area contributed by atoms with E-state index in [4.69, 9.17) is 0 Å².